The minimum Gasteiger partial charge on any atom is -0.339 e. The van der Waals surface area contributed by atoms with E-state index in [0.717, 1.165) is 54.9 Å². The van der Waals surface area contributed by atoms with E-state index in [1.807, 2.05) is 30.2 Å². The summed E-state index contributed by atoms with van der Waals surface area (Å²) < 4.78 is 1.91. The Kier molecular flexibility index (Phi) is 5.93. The predicted octanol–water partition coefficient (Wildman–Crippen LogP) is 3.83. The number of carbonyl (C=O) groups excluding carboxylic acids is 1. The first-order valence-corrected chi connectivity index (χ1v) is 12.2. The number of rotatable bonds is 4. The molecule has 2 aromatic heterocycles. The van der Waals surface area contributed by atoms with Gasteiger partial charge in [0.2, 0.25) is 11.9 Å². The molecule has 1 aliphatic carbocycles. The summed E-state index contributed by atoms with van der Waals surface area (Å²) in [6.07, 6.45) is 6.47. The molecule has 0 aromatic carbocycles. The fourth-order valence-corrected chi connectivity index (χ4v) is 5.82. The van der Waals surface area contributed by atoms with Crippen molar-refractivity contribution in [1.29, 1.82) is 0 Å². The molecule has 1 fully saturated rings. The van der Waals surface area contributed by atoms with E-state index >= 15 is 0 Å². The molecular formula is C23H34N4O2S. The highest BCUT2D eigenvalue weighted by molar-refractivity contribution is 7.18. The number of nitrogens with zero attached hydrogens (tertiary/aromatic N) is 4. The fourth-order valence-electron chi connectivity index (χ4n) is 4.57. The molecule has 164 valence electrons. The third kappa shape index (κ3) is 3.88. The van der Waals surface area contributed by atoms with E-state index in [1.54, 1.807) is 11.3 Å². The number of hydrogen-bond acceptors (Lipinski definition) is 5. The summed E-state index contributed by atoms with van der Waals surface area (Å²) in [4.78, 5) is 37.7. The zero-order valence-electron chi connectivity index (χ0n) is 18.8. The van der Waals surface area contributed by atoms with Crippen molar-refractivity contribution in [2.75, 3.05) is 31.1 Å². The van der Waals surface area contributed by atoms with Crippen molar-refractivity contribution in [2.45, 2.75) is 72.8 Å². The third-order valence-corrected chi connectivity index (χ3v) is 7.47. The van der Waals surface area contributed by atoms with Crippen LogP contribution in [0.4, 0.5) is 5.95 Å². The smallest absolute Gasteiger partial charge is 0.263 e. The SMILES string of the molecule is CCCCn1c(N2CCN(C(=O)C(C)(C)C)CC2)nc2sc3c(c2c1=O)CCCC3. The minimum absolute atomic E-state index is 0.135. The van der Waals surface area contributed by atoms with Crippen molar-refractivity contribution in [3.8, 4) is 0 Å². The molecule has 0 saturated carbocycles. The predicted molar refractivity (Wildman–Crippen MR) is 124 cm³/mol. The quantitative estimate of drug-likeness (QED) is 0.740. The van der Waals surface area contributed by atoms with Crippen molar-refractivity contribution in [2.24, 2.45) is 5.41 Å². The molecule has 0 atom stereocenters. The Balaban J connectivity index is 1.68. The normalized spacial score (nSPS) is 17.5. The van der Waals surface area contributed by atoms with Crippen LogP contribution in [0.3, 0.4) is 0 Å². The topological polar surface area (TPSA) is 58.4 Å². The van der Waals surface area contributed by atoms with Gasteiger partial charge in [0.05, 0.1) is 5.39 Å². The second-order valence-electron chi connectivity index (χ2n) is 9.64. The fraction of sp³-hybridized carbons (Fsp3) is 0.696. The van der Waals surface area contributed by atoms with Crippen molar-refractivity contribution >= 4 is 33.4 Å². The zero-order valence-corrected chi connectivity index (χ0v) is 19.6. The minimum atomic E-state index is -0.363. The molecule has 0 spiro atoms. The lowest BCUT2D eigenvalue weighted by atomic mass is 9.94. The number of unbranched alkanes of at least 4 members (excludes halogenated alkanes) is 1. The van der Waals surface area contributed by atoms with Crippen molar-refractivity contribution in [3.05, 3.63) is 20.8 Å². The van der Waals surface area contributed by atoms with Crippen LogP contribution in [0.5, 0.6) is 0 Å². The highest BCUT2D eigenvalue weighted by Gasteiger charge is 2.31. The number of hydrogen-bond donors (Lipinski definition) is 0. The van der Waals surface area contributed by atoms with E-state index in [2.05, 4.69) is 11.8 Å². The second kappa shape index (κ2) is 8.33. The van der Waals surface area contributed by atoms with Gasteiger partial charge in [0.15, 0.2) is 0 Å². The Morgan fingerprint density at radius 2 is 1.80 bits per heavy atom. The molecule has 1 saturated heterocycles. The van der Waals surface area contributed by atoms with Gasteiger partial charge in [-0.3, -0.25) is 14.2 Å². The summed E-state index contributed by atoms with van der Waals surface area (Å²) in [6, 6.07) is 0. The van der Waals surface area contributed by atoms with Crippen LogP contribution in [0.1, 0.15) is 63.8 Å². The molecule has 0 bridgehead atoms. The van der Waals surface area contributed by atoms with E-state index in [4.69, 9.17) is 4.98 Å². The number of piperazine rings is 1. The number of thiophene rings is 1. The third-order valence-electron chi connectivity index (χ3n) is 6.28. The maximum atomic E-state index is 13.6. The van der Waals surface area contributed by atoms with Crippen molar-refractivity contribution < 1.29 is 4.79 Å². The maximum absolute atomic E-state index is 13.6. The Bertz CT molecular complexity index is 993. The highest BCUT2D eigenvalue weighted by atomic mass is 32.1. The van der Waals surface area contributed by atoms with Gasteiger partial charge in [0, 0.05) is 43.0 Å². The molecule has 7 heteroatoms. The lowest BCUT2D eigenvalue weighted by Crippen LogP contribution is -2.52. The van der Waals surface area contributed by atoms with Crippen LogP contribution in [0.2, 0.25) is 0 Å². The summed E-state index contributed by atoms with van der Waals surface area (Å²) in [7, 11) is 0. The van der Waals surface area contributed by atoms with Gasteiger partial charge in [0.25, 0.3) is 5.56 Å². The van der Waals surface area contributed by atoms with E-state index in [1.165, 1.54) is 23.3 Å². The standard InChI is InChI=1S/C23H34N4O2S/c1-5-6-11-27-20(28)18-16-9-7-8-10-17(16)30-19(18)24-22(27)26-14-12-25(13-15-26)21(29)23(2,3)4/h5-15H2,1-4H3. The number of aromatic nitrogens is 2. The molecule has 30 heavy (non-hydrogen) atoms. The Morgan fingerprint density at radius 3 is 2.47 bits per heavy atom. The molecule has 6 nitrogen and oxygen atoms in total. The highest BCUT2D eigenvalue weighted by Crippen LogP contribution is 2.35. The molecule has 1 aliphatic heterocycles. The van der Waals surface area contributed by atoms with Crippen LogP contribution in [0, 0.1) is 5.41 Å². The molecule has 1 amide bonds. The average molecular weight is 431 g/mol. The van der Waals surface area contributed by atoms with Crippen molar-refractivity contribution in [1.82, 2.24) is 14.5 Å². The molecule has 0 radical (unpaired) electrons. The molecule has 2 aromatic rings. The summed E-state index contributed by atoms with van der Waals surface area (Å²) in [6.45, 7) is 11.6. The van der Waals surface area contributed by atoms with Gasteiger partial charge >= 0.3 is 0 Å². The van der Waals surface area contributed by atoms with Crippen LogP contribution in [-0.4, -0.2) is 46.5 Å². The summed E-state index contributed by atoms with van der Waals surface area (Å²) in [5.74, 6) is 0.988. The Hall–Kier alpha value is -1.89. The largest absolute Gasteiger partial charge is 0.339 e. The number of anilines is 1. The summed E-state index contributed by atoms with van der Waals surface area (Å²) in [5.41, 5.74) is 1.03. The van der Waals surface area contributed by atoms with E-state index in [9.17, 15) is 9.59 Å². The van der Waals surface area contributed by atoms with Crippen LogP contribution < -0.4 is 10.5 Å². The number of fused-ring (bicyclic) bond motifs is 3. The maximum Gasteiger partial charge on any atom is 0.263 e. The van der Waals surface area contributed by atoms with Gasteiger partial charge in [-0.2, -0.15) is 0 Å². The van der Waals surface area contributed by atoms with Crippen LogP contribution in [0.15, 0.2) is 4.79 Å². The van der Waals surface area contributed by atoms with Gasteiger partial charge in [-0.1, -0.05) is 34.1 Å². The first-order valence-electron chi connectivity index (χ1n) is 11.4. The van der Waals surface area contributed by atoms with Gasteiger partial charge in [-0.15, -0.1) is 11.3 Å². The summed E-state index contributed by atoms with van der Waals surface area (Å²) in [5, 5.41) is 0.871. The number of amides is 1. The van der Waals surface area contributed by atoms with E-state index in [-0.39, 0.29) is 16.9 Å². The Morgan fingerprint density at radius 1 is 1.10 bits per heavy atom. The van der Waals surface area contributed by atoms with Crippen LogP contribution in [0.25, 0.3) is 10.2 Å². The zero-order chi connectivity index (χ0) is 21.5. The second-order valence-corrected chi connectivity index (χ2v) is 10.7. The van der Waals surface area contributed by atoms with Gasteiger partial charge in [0.1, 0.15) is 4.83 Å². The van der Waals surface area contributed by atoms with Gasteiger partial charge < -0.3 is 9.80 Å². The lowest BCUT2D eigenvalue weighted by Gasteiger charge is -2.38. The first-order chi connectivity index (χ1) is 14.3. The number of carbonyl (C=O) groups is 1. The van der Waals surface area contributed by atoms with Crippen LogP contribution >= 0.6 is 11.3 Å². The van der Waals surface area contributed by atoms with Crippen LogP contribution in [-0.2, 0) is 24.2 Å². The van der Waals surface area contributed by atoms with Gasteiger partial charge in [-0.05, 0) is 37.7 Å². The molecular weight excluding hydrogens is 396 g/mol. The molecule has 4 rings (SSSR count). The summed E-state index contributed by atoms with van der Waals surface area (Å²) >= 11 is 1.72. The lowest BCUT2D eigenvalue weighted by molar-refractivity contribution is -0.139. The van der Waals surface area contributed by atoms with Gasteiger partial charge in [-0.25, -0.2) is 4.98 Å². The Labute approximate surface area is 182 Å². The first kappa shape index (κ1) is 21.3. The monoisotopic (exact) mass is 430 g/mol. The molecule has 3 heterocycles. The number of aryl methyl sites for hydroxylation is 2. The van der Waals surface area contributed by atoms with E-state index < -0.39 is 0 Å². The molecule has 0 N–H and O–H groups in total. The van der Waals surface area contributed by atoms with Crippen molar-refractivity contribution in [3.63, 3.8) is 0 Å². The van der Waals surface area contributed by atoms with E-state index in [0.29, 0.717) is 19.6 Å². The molecule has 0 unspecified atom stereocenters. The molecule has 2 aliphatic rings. The average Bonchev–Trinajstić information content (AvgIpc) is 3.10.